The molecule has 0 aromatic carbocycles. The summed E-state index contributed by atoms with van der Waals surface area (Å²) in [5, 5.41) is 14.4. The van der Waals surface area contributed by atoms with Gasteiger partial charge >= 0.3 is 0 Å². The number of halogens is 1. The highest BCUT2D eigenvalue weighted by molar-refractivity contribution is 6.33. The van der Waals surface area contributed by atoms with Crippen LogP contribution in [-0.4, -0.2) is 39.0 Å². The van der Waals surface area contributed by atoms with Crippen molar-refractivity contribution in [2.24, 2.45) is 0 Å². The molecule has 1 aliphatic rings. The summed E-state index contributed by atoms with van der Waals surface area (Å²) >= 11 is 5.98. The molecular formula is C13H15ClN6O. The van der Waals surface area contributed by atoms with Crippen LogP contribution in [0.25, 0.3) is 0 Å². The van der Waals surface area contributed by atoms with Gasteiger partial charge in [-0.3, -0.25) is 9.78 Å². The number of hydrogen-bond donors (Lipinski definition) is 2. The van der Waals surface area contributed by atoms with Gasteiger partial charge in [-0.25, -0.2) is 4.68 Å². The highest BCUT2D eigenvalue weighted by Gasteiger charge is 2.19. The van der Waals surface area contributed by atoms with Gasteiger partial charge < -0.3 is 10.6 Å². The smallest absolute Gasteiger partial charge is 0.277 e. The summed E-state index contributed by atoms with van der Waals surface area (Å²) in [6.45, 7) is 1.91. The molecule has 21 heavy (non-hydrogen) atoms. The molecule has 8 heteroatoms. The maximum Gasteiger partial charge on any atom is 0.277 e. The van der Waals surface area contributed by atoms with Crippen LogP contribution in [0.1, 0.15) is 29.4 Å². The molecule has 0 atom stereocenters. The molecule has 3 rings (SSSR count). The van der Waals surface area contributed by atoms with E-state index in [1.807, 2.05) is 0 Å². The van der Waals surface area contributed by atoms with E-state index in [4.69, 9.17) is 11.6 Å². The summed E-state index contributed by atoms with van der Waals surface area (Å²) < 4.78 is 1.76. The van der Waals surface area contributed by atoms with Crippen LogP contribution < -0.4 is 10.6 Å². The fourth-order valence-electron chi connectivity index (χ4n) is 2.29. The van der Waals surface area contributed by atoms with Crippen LogP contribution in [0.5, 0.6) is 0 Å². The van der Waals surface area contributed by atoms with Gasteiger partial charge in [0.1, 0.15) is 0 Å². The molecule has 0 saturated carbocycles. The number of rotatable bonds is 3. The van der Waals surface area contributed by atoms with Gasteiger partial charge in [-0.05, 0) is 32.0 Å². The number of hydrogen-bond acceptors (Lipinski definition) is 5. The second kappa shape index (κ2) is 6.19. The van der Waals surface area contributed by atoms with E-state index in [0.717, 1.165) is 25.9 Å². The molecule has 0 unspecified atom stereocenters. The average molecular weight is 307 g/mol. The quantitative estimate of drug-likeness (QED) is 0.898. The van der Waals surface area contributed by atoms with Crippen molar-refractivity contribution in [2.75, 3.05) is 18.4 Å². The molecule has 0 bridgehead atoms. The normalized spacial score (nSPS) is 15.9. The number of anilines is 1. The Kier molecular flexibility index (Phi) is 4.12. The van der Waals surface area contributed by atoms with Crippen molar-refractivity contribution in [3.63, 3.8) is 0 Å². The number of amides is 1. The van der Waals surface area contributed by atoms with E-state index in [1.165, 1.54) is 6.20 Å². The van der Waals surface area contributed by atoms with E-state index in [-0.39, 0.29) is 11.6 Å². The zero-order chi connectivity index (χ0) is 14.7. The summed E-state index contributed by atoms with van der Waals surface area (Å²) in [6, 6.07) is 1.91. The van der Waals surface area contributed by atoms with Crippen LogP contribution in [0.15, 0.2) is 24.7 Å². The number of aromatic nitrogens is 4. The minimum Gasteiger partial charge on any atom is -0.318 e. The van der Waals surface area contributed by atoms with E-state index < -0.39 is 0 Å². The molecule has 0 radical (unpaired) electrons. The van der Waals surface area contributed by atoms with Crippen molar-refractivity contribution in [2.45, 2.75) is 18.9 Å². The Bertz CT molecular complexity index is 637. The second-order valence-corrected chi connectivity index (χ2v) is 5.28. The van der Waals surface area contributed by atoms with Crippen LogP contribution in [0.3, 0.4) is 0 Å². The molecule has 110 valence electrons. The van der Waals surface area contributed by atoms with Gasteiger partial charge in [0.15, 0.2) is 5.69 Å². The molecule has 0 spiro atoms. The minimum absolute atomic E-state index is 0.272. The predicted molar refractivity (Wildman–Crippen MR) is 78.4 cm³/mol. The highest BCUT2D eigenvalue weighted by Crippen LogP contribution is 2.20. The number of nitrogens with one attached hydrogen (secondary N) is 2. The third kappa shape index (κ3) is 3.20. The van der Waals surface area contributed by atoms with Gasteiger partial charge in [-0.15, -0.1) is 5.10 Å². The van der Waals surface area contributed by atoms with Gasteiger partial charge in [-0.1, -0.05) is 16.8 Å². The average Bonchev–Trinajstić information content (AvgIpc) is 3.00. The van der Waals surface area contributed by atoms with Crippen LogP contribution in [0.4, 0.5) is 5.69 Å². The van der Waals surface area contributed by atoms with E-state index in [0.29, 0.717) is 16.8 Å². The van der Waals surface area contributed by atoms with Crippen LogP contribution in [0, 0.1) is 0 Å². The molecular weight excluding hydrogens is 292 g/mol. The maximum atomic E-state index is 12.1. The number of carbonyl (C=O) groups is 1. The first-order valence-electron chi connectivity index (χ1n) is 6.77. The predicted octanol–water partition coefficient (Wildman–Crippen LogP) is 1.50. The minimum atomic E-state index is -0.343. The second-order valence-electron chi connectivity index (χ2n) is 4.87. The molecule has 0 aliphatic carbocycles. The summed E-state index contributed by atoms with van der Waals surface area (Å²) in [6.07, 6.45) is 6.70. The summed E-state index contributed by atoms with van der Waals surface area (Å²) in [4.78, 5) is 16.1. The van der Waals surface area contributed by atoms with Crippen LogP contribution in [0.2, 0.25) is 5.02 Å². The van der Waals surface area contributed by atoms with E-state index in [2.05, 4.69) is 25.9 Å². The largest absolute Gasteiger partial charge is 0.318 e. The van der Waals surface area contributed by atoms with Gasteiger partial charge in [0.05, 0.1) is 29.1 Å². The topological polar surface area (TPSA) is 84.7 Å². The Morgan fingerprint density at radius 1 is 1.43 bits per heavy atom. The van der Waals surface area contributed by atoms with Gasteiger partial charge in [0, 0.05) is 6.20 Å². The lowest BCUT2D eigenvalue weighted by molar-refractivity contribution is 0.102. The first kappa shape index (κ1) is 14.0. The summed E-state index contributed by atoms with van der Waals surface area (Å²) in [7, 11) is 0. The Morgan fingerprint density at radius 2 is 2.24 bits per heavy atom. The molecule has 1 fully saturated rings. The third-order valence-corrected chi connectivity index (χ3v) is 3.77. The number of piperidine rings is 1. The standard InChI is InChI=1S/C13H15ClN6O/c14-10-3-6-16-7-11(10)17-13(21)12-8-20(19-18-12)9-1-4-15-5-2-9/h3,6-9,15H,1-2,4-5H2,(H,17,21). The van der Waals surface area contributed by atoms with E-state index in [9.17, 15) is 4.79 Å². The lowest BCUT2D eigenvalue weighted by Gasteiger charge is -2.22. The zero-order valence-corrected chi connectivity index (χ0v) is 12.0. The number of pyridine rings is 1. The van der Waals surface area contributed by atoms with Crippen LogP contribution in [-0.2, 0) is 0 Å². The van der Waals surface area contributed by atoms with E-state index in [1.54, 1.807) is 23.1 Å². The first-order valence-corrected chi connectivity index (χ1v) is 7.15. The lowest BCUT2D eigenvalue weighted by atomic mass is 10.1. The number of nitrogens with zero attached hydrogens (tertiary/aromatic N) is 4. The SMILES string of the molecule is O=C(Nc1cnccc1Cl)c1cn(C2CCNCC2)nn1. The summed E-state index contributed by atoms with van der Waals surface area (Å²) in [5.74, 6) is -0.343. The van der Waals surface area contributed by atoms with Gasteiger partial charge in [0.25, 0.3) is 5.91 Å². The van der Waals surface area contributed by atoms with E-state index >= 15 is 0 Å². The fourth-order valence-corrected chi connectivity index (χ4v) is 2.44. The van der Waals surface area contributed by atoms with Crippen molar-refractivity contribution in [3.8, 4) is 0 Å². The molecule has 2 N–H and O–H groups in total. The molecule has 3 heterocycles. The molecule has 1 saturated heterocycles. The lowest BCUT2D eigenvalue weighted by Crippen LogP contribution is -2.29. The number of carbonyl (C=O) groups excluding carboxylic acids is 1. The van der Waals surface area contributed by atoms with Crippen molar-refractivity contribution in [1.82, 2.24) is 25.3 Å². The fraction of sp³-hybridized carbons (Fsp3) is 0.385. The van der Waals surface area contributed by atoms with Crippen molar-refractivity contribution in [3.05, 3.63) is 35.4 Å². The Hall–Kier alpha value is -1.99. The zero-order valence-electron chi connectivity index (χ0n) is 11.3. The molecule has 2 aromatic heterocycles. The van der Waals surface area contributed by atoms with Gasteiger partial charge in [-0.2, -0.15) is 0 Å². The maximum absolute atomic E-state index is 12.1. The Labute approximate surface area is 126 Å². The van der Waals surface area contributed by atoms with Crippen molar-refractivity contribution >= 4 is 23.2 Å². The summed E-state index contributed by atoms with van der Waals surface area (Å²) in [5.41, 5.74) is 0.731. The molecule has 1 aliphatic heterocycles. The third-order valence-electron chi connectivity index (χ3n) is 3.44. The molecule has 7 nitrogen and oxygen atoms in total. The van der Waals surface area contributed by atoms with Crippen molar-refractivity contribution < 1.29 is 4.79 Å². The highest BCUT2D eigenvalue weighted by atomic mass is 35.5. The molecule has 1 amide bonds. The molecule has 2 aromatic rings. The monoisotopic (exact) mass is 306 g/mol. The first-order chi connectivity index (χ1) is 10.2. The van der Waals surface area contributed by atoms with Crippen molar-refractivity contribution in [1.29, 1.82) is 0 Å². The Morgan fingerprint density at radius 3 is 3.00 bits per heavy atom. The van der Waals surface area contributed by atoms with Crippen LogP contribution >= 0.6 is 11.6 Å². The van der Waals surface area contributed by atoms with Gasteiger partial charge in [0.2, 0.25) is 0 Å². The Balaban J connectivity index is 1.71.